The Morgan fingerprint density at radius 1 is 1.50 bits per heavy atom. The van der Waals surface area contributed by atoms with Crippen LogP contribution in [0.25, 0.3) is 0 Å². The fraction of sp³-hybridized carbons (Fsp3) is 0.556. The van der Waals surface area contributed by atoms with Crippen LogP contribution in [0.4, 0.5) is 4.39 Å². The maximum Gasteiger partial charge on any atom is 0.162 e. The summed E-state index contributed by atoms with van der Waals surface area (Å²) >= 11 is 0. The van der Waals surface area contributed by atoms with E-state index in [4.69, 9.17) is 0 Å². The Bertz CT molecular complexity index is 271. The first-order valence-corrected chi connectivity index (χ1v) is 4.16. The van der Waals surface area contributed by atoms with Gasteiger partial charge >= 0.3 is 0 Å². The topological polar surface area (TPSA) is 25.8 Å². The zero-order valence-electron chi connectivity index (χ0n) is 7.63. The molecule has 1 heterocycles. The first-order chi connectivity index (χ1) is 5.65. The molecule has 0 spiro atoms. The predicted octanol–water partition coefficient (Wildman–Crippen LogP) is 2.30. The van der Waals surface area contributed by atoms with Crippen molar-refractivity contribution in [3.8, 4) is 0 Å². The first-order valence-electron chi connectivity index (χ1n) is 4.16. The lowest BCUT2D eigenvalue weighted by atomic mass is 10.2. The van der Waals surface area contributed by atoms with Crippen LogP contribution in [0.15, 0.2) is 6.20 Å². The molecule has 0 radical (unpaired) electrons. The van der Waals surface area contributed by atoms with E-state index in [2.05, 4.69) is 9.97 Å². The van der Waals surface area contributed by atoms with Crippen molar-refractivity contribution in [2.75, 3.05) is 0 Å². The van der Waals surface area contributed by atoms with Crippen molar-refractivity contribution >= 4 is 0 Å². The van der Waals surface area contributed by atoms with Crippen LogP contribution >= 0.6 is 0 Å². The molecule has 0 atom stereocenters. The lowest BCUT2D eigenvalue weighted by Crippen LogP contribution is -2.02. The summed E-state index contributed by atoms with van der Waals surface area (Å²) in [4.78, 5) is 8.00. The highest BCUT2D eigenvalue weighted by Crippen LogP contribution is 2.10. The molecule has 0 bridgehead atoms. The van der Waals surface area contributed by atoms with Crippen molar-refractivity contribution in [3.05, 3.63) is 23.5 Å². The van der Waals surface area contributed by atoms with Crippen molar-refractivity contribution in [3.63, 3.8) is 0 Å². The fourth-order valence-electron chi connectivity index (χ4n) is 0.944. The quantitative estimate of drug-likeness (QED) is 0.677. The van der Waals surface area contributed by atoms with E-state index in [0.717, 1.165) is 0 Å². The highest BCUT2D eigenvalue weighted by molar-refractivity contribution is 5.06. The molecule has 0 saturated carbocycles. The number of aryl methyl sites for hydroxylation is 1. The molecule has 0 saturated heterocycles. The van der Waals surface area contributed by atoms with Gasteiger partial charge in [0.25, 0.3) is 0 Å². The van der Waals surface area contributed by atoms with Crippen molar-refractivity contribution in [2.24, 2.45) is 0 Å². The average Bonchev–Trinajstić information content (AvgIpc) is 2.05. The van der Waals surface area contributed by atoms with Gasteiger partial charge in [-0.05, 0) is 6.42 Å². The molecule has 0 aliphatic carbocycles. The van der Waals surface area contributed by atoms with Crippen LogP contribution in [-0.2, 0) is 6.42 Å². The summed E-state index contributed by atoms with van der Waals surface area (Å²) in [5, 5.41) is 0. The van der Waals surface area contributed by atoms with Crippen LogP contribution in [-0.4, -0.2) is 9.97 Å². The average molecular weight is 168 g/mol. The SMILES string of the molecule is CCc1nc(C(C)C)ncc1F. The maximum atomic E-state index is 12.9. The summed E-state index contributed by atoms with van der Waals surface area (Å²) in [5.74, 6) is 0.672. The standard InChI is InChI=1S/C9H13FN2/c1-4-8-7(10)5-11-9(12-8)6(2)3/h5-6H,4H2,1-3H3. The van der Waals surface area contributed by atoms with E-state index in [0.29, 0.717) is 17.9 Å². The number of halogens is 1. The molecule has 12 heavy (non-hydrogen) atoms. The van der Waals surface area contributed by atoms with Gasteiger partial charge in [-0.2, -0.15) is 0 Å². The van der Waals surface area contributed by atoms with E-state index in [-0.39, 0.29) is 11.7 Å². The smallest absolute Gasteiger partial charge is 0.162 e. The van der Waals surface area contributed by atoms with E-state index >= 15 is 0 Å². The van der Waals surface area contributed by atoms with E-state index in [9.17, 15) is 4.39 Å². The molecule has 1 aromatic rings. The van der Waals surface area contributed by atoms with Crippen LogP contribution in [0.1, 0.15) is 38.2 Å². The molecule has 0 aromatic carbocycles. The lowest BCUT2D eigenvalue weighted by molar-refractivity contribution is 0.582. The summed E-state index contributed by atoms with van der Waals surface area (Å²) < 4.78 is 12.9. The summed E-state index contributed by atoms with van der Waals surface area (Å²) in [7, 11) is 0. The summed E-state index contributed by atoms with van der Waals surface area (Å²) in [6.45, 7) is 5.87. The van der Waals surface area contributed by atoms with Gasteiger partial charge in [0, 0.05) is 5.92 Å². The molecular formula is C9H13FN2. The Labute approximate surface area is 71.9 Å². The molecule has 0 aliphatic heterocycles. The molecule has 1 rings (SSSR count). The minimum Gasteiger partial charge on any atom is -0.238 e. The summed E-state index contributed by atoms with van der Waals surface area (Å²) in [5.41, 5.74) is 0.508. The number of rotatable bonds is 2. The van der Waals surface area contributed by atoms with Crippen LogP contribution < -0.4 is 0 Å². The highest BCUT2D eigenvalue weighted by Gasteiger charge is 2.06. The Kier molecular flexibility index (Phi) is 2.74. The maximum absolute atomic E-state index is 12.9. The van der Waals surface area contributed by atoms with Gasteiger partial charge in [-0.3, -0.25) is 0 Å². The number of aromatic nitrogens is 2. The van der Waals surface area contributed by atoms with Crippen LogP contribution in [0.5, 0.6) is 0 Å². The van der Waals surface area contributed by atoms with Gasteiger partial charge in [-0.25, -0.2) is 14.4 Å². The van der Waals surface area contributed by atoms with Gasteiger partial charge in [-0.1, -0.05) is 20.8 Å². The molecule has 1 aromatic heterocycles. The second kappa shape index (κ2) is 3.61. The molecule has 0 N–H and O–H groups in total. The minimum absolute atomic E-state index is 0.260. The molecule has 3 heteroatoms. The second-order valence-corrected chi connectivity index (χ2v) is 3.03. The van der Waals surface area contributed by atoms with Gasteiger partial charge in [-0.15, -0.1) is 0 Å². The largest absolute Gasteiger partial charge is 0.238 e. The Balaban J connectivity index is 3.05. The van der Waals surface area contributed by atoms with Crippen LogP contribution in [0.3, 0.4) is 0 Å². The Hall–Kier alpha value is -0.990. The van der Waals surface area contributed by atoms with Crippen molar-refractivity contribution < 1.29 is 4.39 Å². The first kappa shape index (κ1) is 9.10. The zero-order chi connectivity index (χ0) is 9.14. The van der Waals surface area contributed by atoms with Crippen molar-refractivity contribution in [2.45, 2.75) is 33.1 Å². The molecule has 0 amide bonds. The van der Waals surface area contributed by atoms with Crippen LogP contribution in [0.2, 0.25) is 0 Å². The van der Waals surface area contributed by atoms with Crippen LogP contribution in [0, 0.1) is 5.82 Å². The monoisotopic (exact) mass is 168 g/mol. The summed E-state index contributed by atoms with van der Waals surface area (Å²) in [6.07, 6.45) is 1.87. The molecule has 66 valence electrons. The van der Waals surface area contributed by atoms with Gasteiger partial charge in [0.1, 0.15) is 5.82 Å². The third-order valence-electron chi connectivity index (χ3n) is 1.69. The Morgan fingerprint density at radius 2 is 2.17 bits per heavy atom. The van der Waals surface area contributed by atoms with Crippen molar-refractivity contribution in [1.82, 2.24) is 9.97 Å². The number of nitrogens with zero attached hydrogens (tertiary/aromatic N) is 2. The molecule has 0 fully saturated rings. The van der Waals surface area contributed by atoms with E-state index in [1.807, 2.05) is 20.8 Å². The third kappa shape index (κ3) is 1.78. The number of hydrogen-bond donors (Lipinski definition) is 0. The highest BCUT2D eigenvalue weighted by atomic mass is 19.1. The lowest BCUT2D eigenvalue weighted by Gasteiger charge is -2.04. The predicted molar refractivity (Wildman–Crippen MR) is 45.5 cm³/mol. The van der Waals surface area contributed by atoms with Gasteiger partial charge < -0.3 is 0 Å². The second-order valence-electron chi connectivity index (χ2n) is 3.03. The van der Waals surface area contributed by atoms with Crippen molar-refractivity contribution in [1.29, 1.82) is 0 Å². The number of hydrogen-bond acceptors (Lipinski definition) is 2. The van der Waals surface area contributed by atoms with Gasteiger partial charge in [0.05, 0.1) is 11.9 Å². The molecular weight excluding hydrogens is 155 g/mol. The Morgan fingerprint density at radius 3 is 2.67 bits per heavy atom. The summed E-state index contributed by atoms with van der Waals surface area (Å²) in [6, 6.07) is 0. The normalized spacial score (nSPS) is 10.8. The molecule has 0 unspecified atom stereocenters. The molecule has 0 aliphatic rings. The van der Waals surface area contributed by atoms with Gasteiger partial charge in [0.15, 0.2) is 5.82 Å². The van der Waals surface area contributed by atoms with E-state index < -0.39 is 0 Å². The zero-order valence-corrected chi connectivity index (χ0v) is 7.63. The fourth-order valence-corrected chi connectivity index (χ4v) is 0.944. The third-order valence-corrected chi connectivity index (χ3v) is 1.69. The van der Waals surface area contributed by atoms with Gasteiger partial charge in [0.2, 0.25) is 0 Å². The minimum atomic E-state index is -0.304. The van der Waals surface area contributed by atoms with E-state index in [1.165, 1.54) is 6.20 Å². The van der Waals surface area contributed by atoms with E-state index in [1.54, 1.807) is 0 Å². The molecule has 2 nitrogen and oxygen atoms in total.